The van der Waals surface area contributed by atoms with Gasteiger partial charge in [0.2, 0.25) is 5.91 Å². The number of para-hydroxylation sites is 2. The third-order valence-corrected chi connectivity index (χ3v) is 5.69. The number of imidazole rings is 1. The van der Waals surface area contributed by atoms with Gasteiger partial charge in [-0.3, -0.25) is 18.8 Å². The van der Waals surface area contributed by atoms with Gasteiger partial charge >= 0.3 is 5.69 Å². The van der Waals surface area contributed by atoms with Crippen LogP contribution >= 0.6 is 0 Å². The highest BCUT2D eigenvalue weighted by atomic mass is 16.2. The van der Waals surface area contributed by atoms with Gasteiger partial charge in [0.25, 0.3) is 0 Å². The molecule has 0 aliphatic carbocycles. The molecule has 0 saturated carbocycles. The summed E-state index contributed by atoms with van der Waals surface area (Å²) in [6.07, 6.45) is 1.28. The first-order valence-corrected chi connectivity index (χ1v) is 10.4. The first kappa shape index (κ1) is 19.5. The maximum atomic E-state index is 12.7. The van der Waals surface area contributed by atoms with E-state index >= 15 is 0 Å². The van der Waals surface area contributed by atoms with E-state index in [1.54, 1.807) is 9.13 Å². The molecule has 0 spiro atoms. The predicted molar refractivity (Wildman–Crippen MR) is 115 cm³/mol. The molecule has 4 rings (SSSR count). The van der Waals surface area contributed by atoms with E-state index in [0.717, 1.165) is 37.1 Å². The molecule has 2 aromatic carbocycles. The van der Waals surface area contributed by atoms with Gasteiger partial charge in [0, 0.05) is 45.2 Å². The quantitative estimate of drug-likeness (QED) is 0.672. The molecule has 1 N–H and O–H groups in total. The first-order valence-electron chi connectivity index (χ1n) is 10.4. The van der Waals surface area contributed by atoms with Crippen LogP contribution < -0.4 is 11.0 Å². The Balaban J connectivity index is 1.33. The zero-order valence-electron chi connectivity index (χ0n) is 16.9. The van der Waals surface area contributed by atoms with Gasteiger partial charge in [0.05, 0.1) is 11.0 Å². The second-order valence-corrected chi connectivity index (χ2v) is 7.69. The van der Waals surface area contributed by atoms with E-state index in [1.807, 2.05) is 37.3 Å². The van der Waals surface area contributed by atoms with Crippen molar-refractivity contribution in [1.82, 2.24) is 19.4 Å². The van der Waals surface area contributed by atoms with Crippen LogP contribution in [0, 0.1) is 0 Å². The summed E-state index contributed by atoms with van der Waals surface area (Å²) in [5.41, 5.74) is 3.07. The maximum Gasteiger partial charge on any atom is 0.329 e. The van der Waals surface area contributed by atoms with E-state index in [1.165, 1.54) is 5.56 Å². The molecule has 3 aromatic rings. The van der Waals surface area contributed by atoms with E-state index in [-0.39, 0.29) is 17.6 Å². The summed E-state index contributed by atoms with van der Waals surface area (Å²) >= 11 is 0. The summed E-state index contributed by atoms with van der Waals surface area (Å²) in [6, 6.07) is 18.4. The minimum Gasteiger partial charge on any atom is -0.352 e. The lowest BCUT2D eigenvalue weighted by Gasteiger charge is -2.17. The van der Waals surface area contributed by atoms with E-state index in [2.05, 4.69) is 34.5 Å². The number of carbonyl (C=O) groups excluding carboxylic acids is 1. The van der Waals surface area contributed by atoms with Crippen LogP contribution in [0.5, 0.6) is 0 Å². The van der Waals surface area contributed by atoms with Gasteiger partial charge in [0.15, 0.2) is 0 Å². The van der Waals surface area contributed by atoms with Gasteiger partial charge < -0.3 is 5.32 Å². The van der Waals surface area contributed by atoms with Gasteiger partial charge in [-0.05, 0) is 31.0 Å². The van der Waals surface area contributed by atoms with Crippen LogP contribution in [-0.2, 0) is 24.4 Å². The highest BCUT2D eigenvalue weighted by molar-refractivity contribution is 5.78. The minimum absolute atomic E-state index is 0.0109. The molecule has 1 aliphatic heterocycles. The fourth-order valence-corrected chi connectivity index (χ4v) is 4.24. The van der Waals surface area contributed by atoms with Crippen molar-refractivity contribution in [2.45, 2.75) is 45.4 Å². The van der Waals surface area contributed by atoms with Crippen LogP contribution in [0.4, 0.5) is 0 Å². The minimum atomic E-state index is -0.0450. The van der Waals surface area contributed by atoms with Gasteiger partial charge in [-0.15, -0.1) is 0 Å². The number of hydrogen-bond acceptors (Lipinski definition) is 3. The highest BCUT2D eigenvalue weighted by Gasteiger charge is 2.24. The average Bonchev–Trinajstić information content (AvgIpc) is 3.28. The fourth-order valence-electron chi connectivity index (χ4n) is 4.24. The Hall–Kier alpha value is -2.86. The van der Waals surface area contributed by atoms with Crippen LogP contribution in [0.1, 0.15) is 25.3 Å². The molecule has 0 radical (unpaired) electrons. The third-order valence-electron chi connectivity index (χ3n) is 5.69. The molecular formula is C23H28N4O2. The van der Waals surface area contributed by atoms with Crippen LogP contribution in [0.3, 0.4) is 0 Å². The summed E-state index contributed by atoms with van der Waals surface area (Å²) in [4.78, 5) is 27.6. The second-order valence-electron chi connectivity index (χ2n) is 7.69. The molecule has 6 heteroatoms. The van der Waals surface area contributed by atoms with Gasteiger partial charge in [0.1, 0.15) is 0 Å². The number of carbonyl (C=O) groups is 1. The summed E-state index contributed by atoms with van der Waals surface area (Å²) in [7, 11) is 0. The van der Waals surface area contributed by atoms with Crippen LogP contribution in [0.25, 0.3) is 11.0 Å². The van der Waals surface area contributed by atoms with Gasteiger partial charge in [-0.2, -0.15) is 0 Å². The lowest BCUT2D eigenvalue weighted by atomic mass is 10.2. The van der Waals surface area contributed by atoms with Crippen molar-refractivity contribution in [3.8, 4) is 0 Å². The van der Waals surface area contributed by atoms with Crippen molar-refractivity contribution >= 4 is 16.9 Å². The number of benzene rings is 2. The summed E-state index contributed by atoms with van der Waals surface area (Å²) < 4.78 is 3.47. The second kappa shape index (κ2) is 8.66. The SMILES string of the molecule is CCn1c(=O)n(CCC(=O)N[C@@H]2CCN(Cc3ccccc3)C2)c2ccccc21. The van der Waals surface area contributed by atoms with E-state index in [0.29, 0.717) is 19.5 Å². The van der Waals surface area contributed by atoms with Crippen molar-refractivity contribution < 1.29 is 4.79 Å². The predicted octanol–water partition coefficient (Wildman–Crippen LogP) is 2.60. The molecule has 0 bridgehead atoms. The number of amides is 1. The van der Waals surface area contributed by atoms with Gasteiger partial charge in [-0.25, -0.2) is 4.79 Å². The summed E-state index contributed by atoms with van der Waals surface area (Å²) in [6.45, 7) is 5.76. The van der Waals surface area contributed by atoms with Crippen LogP contribution in [0.2, 0.25) is 0 Å². The number of aromatic nitrogens is 2. The van der Waals surface area contributed by atoms with Crippen LogP contribution in [-0.4, -0.2) is 39.1 Å². The monoisotopic (exact) mass is 392 g/mol. The number of fused-ring (bicyclic) bond motifs is 1. The van der Waals surface area contributed by atoms with Crippen molar-refractivity contribution in [2.24, 2.45) is 0 Å². The molecule has 1 amide bonds. The molecule has 1 aliphatic rings. The largest absolute Gasteiger partial charge is 0.352 e. The number of likely N-dealkylation sites (tertiary alicyclic amines) is 1. The molecular weight excluding hydrogens is 364 g/mol. The Morgan fingerprint density at radius 1 is 1.03 bits per heavy atom. The average molecular weight is 393 g/mol. The Morgan fingerprint density at radius 2 is 1.72 bits per heavy atom. The lowest BCUT2D eigenvalue weighted by Crippen LogP contribution is -2.37. The molecule has 6 nitrogen and oxygen atoms in total. The van der Waals surface area contributed by atoms with E-state index in [9.17, 15) is 9.59 Å². The van der Waals surface area contributed by atoms with E-state index < -0.39 is 0 Å². The molecule has 29 heavy (non-hydrogen) atoms. The van der Waals surface area contributed by atoms with Crippen molar-refractivity contribution in [1.29, 1.82) is 0 Å². The van der Waals surface area contributed by atoms with Crippen molar-refractivity contribution in [3.63, 3.8) is 0 Å². The number of rotatable bonds is 7. The Morgan fingerprint density at radius 3 is 2.45 bits per heavy atom. The fraction of sp³-hybridized carbons (Fsp3) is 0.391. The van der Waals surface area contributed by atoms with Crippen molar-refractivity contribution in [3.05, 3.63) is 70.6 Å². The zero-order chi connectivity index (χ0) is 20.2. The standard InChI is InChI=1S/C23H28N4O2/c1-2-26-20-10-6-7-11-21(20)27(23(26)29)15-13-22(28)24-19-12-14-25(17-19)16-18-8-4-3-5-9-18/h3-11,19H,2,12-17H2,1H3,(H,24,28)/t19-/m1/s1. The van der Waals surface area contributed by atoms with Crippen molar-refractivity contribution in [2.75, 3.05) is 13.1 Å². The van der Waals surface area contributed by atoms with Crippen LogP contribution in [0.15, 0.2) is 59.4 Å². The number of nitrogens with zero attached hydrogens (tertiary/aromatic N) is 3. The molecule has 1 fully saturated rings. The molecule has 1 aromatic heterocycles. The number of nitrogens with one attached hydrogen (secondary N) is 1. The Labute approximate surface area is 170 Å². The Bertz CT molecular complexity index is 1040. The maximum absolute atomic E-state index is 12.7. The van der Waals surface area contributed by atoms with Gasteiger partial charge in [-0.1, -0.05) is 42.5 Å². The first-order chi connectivity index (χ1) is 14.2. The number of aryl methyl sites for hydroxylation is 2. The lowest BCUT2D eigenvalue weighted by molar-refractivity contribution is -0.121. The molecule has 1 saturated heterocycles. The molecule has 2 heterocycles. The smallest absolute Gasteiger partial charge is 0.329 e. The topological polar surface area (TPSA) is 59.3 Å². The summed E-state index contributed by atoms with van der Waals surface area (Å²) in [5.74, 6) is 0.0109. The molecule has 1 atom stereocenters. The molecule has 0 unspecified atom stereocenters. The molecule has 152 valence electrons. The summed E-state index contributed by atoms with van der Waals surface area (Å²) in [5, 5.41) is 3.15. The Kier molecular flexibility index (Phi) is 5.81. The van der Waals surface area contributed by atoms with E-state index in [4.69, 9.17) is 0 Å². The number of hydrogen-bond donors (Lipinski definition) is 1. The zero-order valence-corrected chi connectivity index (χ0v) is 16.9. The highest BCUT2D eigenvalue weighted by Crippen LogP contribution is 2.15. The third kappa shape index (κ3) is 4.27. The normalized spacial score (nSPS) is 17.1.